The molecule has 0 spiro atoms. The lowest BCUT2D eigenvalue weighted by atomic mass is 10.1. The van der Waals surface area contributed by atoms with Crippen LogP contribution in [-0.4, -0.2) is 21.1 Å². The number of thiazole rings is 1. The first-order valence-corrected chi connectivity index (χ1v) is 9.07. The highest BCUT2D eigenvalue weighted by atomic mass is 32.1. The van der Waals surface area contributed by atoms with Crippen LogP contribution < -0.4 is 5.32 Å². The van der Waals surface area contributed by atoms with Crippen molar-refractivity contribution < 1.29 is 18.0 Å². The molecule has 9 heteroatoms. The summed E-state index contributed by atoms with van der Waals surface area (Å²) in [6, 6.07) is 6.57. The molecule has 0 radical (unpaired) electrons. The molecule has 0 saturated heterocycles. The molecule has 2 N–H and O–H groups in total. The molecule has 0 unspecified atom stereocenters. The summed E-state index contributed by atoms with van der Waals surface area (Å²) in [7, 11) is 0. The Balaban J connectivity index is 1.64. The van der Waals surface area contributed by atoms with Crippen LogP contribution in [0.25, 0.3) is 10.6 Å². The molecule has 0 aliphatic heterocycles. The van der Waals surface area contributed by atoms with Crippen molar-refractivity contribution in [2.75, 3.05) is 5.32 Å². The fraction of sp³-hybridized carbons (Fsp3) is 0.278. The molecule has 0 aliphatic rings. The second-order valence-corrected chi connectivity index (χ2v) is 7.17. The number of nitrogens with one attached hydrogen (secondary N) is 2. The number of aromatic nitrogens is 3. The third-order valence-electron chi connectivity index (χ3n) is 3.84. The number of nitrogens with zero attached hydrogens (tertiary/aromatic N) is 2. The van der Waals surface area contributed by atoms with E-state index in [1.165, 1.54) is 23.5 Å². The number of carbonyl (C=O) groups is 1. The van der Waals surface area contributed by atoms with Crippen molar-refractivity contribution >= 4 is 23.1 Å². The molecule has 5 nitrogen and oxygen atoms in total. The first-order valence-electron chi connectivity index (χ1n) is 8.19. The van der Waals surface area contributed by atoms with Gasteiger partial charge in [0.2, 0.25) is 5.91 Å². The molecule has 2 aromatic heterocycles. The van der Waals surface area contributed by atoms with Crippen LogP contribution in [0.3, 0.4) is 0 Å². The van der Waals surface area contributed by atoms with E-state index in [-0.39, 0.29) is 18.2 Å². The van der Waals surface area contributed by atoms with Crippen molar-refractivity contribution in [2.24, 2.45) is 0 Å². The first kappa shape index (κ1) is 19.1. The van der Waals surface area contributed by atoms with Gasteiger partial charge in [-0.25, -0.2) is 4.98 Å². The number of rotatable bonds is 5. The zero-order valence-corrected chi connectivity index (χ0v) is 15.4. The summed E-state index contributed by atoms with van der Waals surface area (Å²) in [4.78, 5) is 16.5. The zero-order valence-electron chi connectivity index (χ0n) is 14.6. The van der Waals surface area contributed by atoms with Crippen LogP contribution in [0.5, 0.6) is 0 Å². The molecule has 2 heterocycles. The molecule has 0 saturated carbocycles. The zero-order chi connectivity index (χ0) is 19.6. The molecule has 0 bridgehead atoms. The van der Waals surface area contributed by atoms with Crippen molar-refractivity contribution in [1.29, 1.82) is 0 Å². The van der Waals surface area contributed by atoms with Gasteiger partial charge >= 0.3 is 6.18 Å². The van der Waals surface area contributed by atoms with Crippen LogP contribution in [0.1, 0.15) is 36.7 Å². The van der Waals surface area contributed by atoms with Gasteiger partial charge in [-0.3, -0.25) is 9.89 Å². The number of amides is 1. The molecule has 0 aliphatic carbocycles. The van der Waals surface area contributed by atoms with Gasteiger partial charge in [0.25, 0.3) is 0 Å². The Morgan fingerprint density at radius 2 is 1.96 bits per heavy atom. The van der Waals surface area contributed by atoms with Crippen LogP contribution in [-0.2, 0) is 17.4 Å². The summed E-state index contributed by atoms with van der Waals surface area (Å²) in [5.41, 5.74) is 1.34. The Morgan fingerprint density at radius 1 is 1.26 bits per heavy atom. The fourth-order valence-corrected chi connectivity index (χ4v) is 3.20. The van der Waals surface area contributed by atoms with E-state index in [4.69, 9.17) is 0 Å². The standard InChI is InChI=1S/C18H17F3N4OS/c1-10(2)14-8-15(25-24-14)23-16(26)7-13-9-27-17(22-13)11-3-5-12(6-4-11)18(19,20)21/h3-6,8-10H,7H2,1-2H3,(H2,23,24,25,26). The third kappa shape index (κ3) is 4.73. The fourth-order valence-electron chi connectivity index (χ4n) is 2.37. The summed E-state index contributed by atoms with van der Waals surface area (Å²) in [6.45, 7) is 4.02. The van der Waals surface area contributed by atoms with Gasteiger partial charge in [0.1, 0.15) is 5.01 Å². The van der Waals surface area contributed by atoms with Crippen LogP contribution in [0.15, 0.2) is 35.7 Å². The van der Waals surface area contributed by atoms with Crippen molar-refractivity contribution in [2.45, 2.75) is 32.4 Å². The second kappa shape index (κ2) is 7.51. The van der Waals surface area contributed by atoms with Crippen LogP contribution >= 0.6 is 11.3 Å². The Labute approximate surface area is 157 Å². The van der Waals surface area contributed by atoms with Crippen LogP contribution in [0.4, 0.5) is 19.0 Å². The summed E-state index contributed by atoms with van der Waals surface area (Å²) in [5.74, 6) is 0.455. The molecule has 3 aromatic rings. The van der Waals surface area contributed by atoms with Crippen molar-refractivity contribution in [1.82, 2.24) is 15.2 Å². The topological polar surface area (TPSA) is 70.7 Å². The van der Waals surface area contributed by atoms with Gasteiger partial charge in [-0.05, 0) is 18.1 Å². The van der Waals surface area contributed by atoms with Gasteiger partial charge in [0.15, 0.2) is 5.82 Å². The van der Waals surface area contributed by atoms with Crippen molar-refractivity contribution in [3.8, 4) is 10.6 Å². The van der Waals surface area contributed by atoms with E-state index >= 15 is 0 Å². The quantitative estimate of drug-likeness (QED) is 0.649. The lowest BCUT2D eigenvalue weighted by Gasteiger charge is -2.06. The Kier molecular flexibility index (Phi) is 5.31. The molecular weight excluding hydrogens is 377 g/mol. The van der Waals surface area contributed by atoms with Crippen LogP contribution in [0.2, 0.25) is 0 Å². The molecular formula is C18H17F3N4OS. The predicted molar refractivity (Wildman–Crippen MR) is 97.6 cm³/mol. The van der Waals surface area contributed by atoms with E-state index in [0.29, 0.717) is 22.1 Å². The minimum Gasteiger partial charge on any atom is -0.309 e. The van der Waals surface area contributed by atoms with Crippen molar-refractivity contribution in [3.05, 3.63) is 52.7 Å². The van der Waals surface area contributed by atoms with Crippen LogP contribution in [0, 0.1) is 0 Å². The molecule has 142 valence electrons. The second-order valence-electron chi connectivity index (χ2n) is 6.31. The SMILES string of the molecule is CC(C)c1cc(NC(=O)Cc2csc(-c3ccc(C(F)(F)F)cc3)n2)n[nH]1. The number of halogens is 3. The molecule has 3 rings (SSSR count). The lowest BCUT2D eigenvalue weighted by molar-refractivity contribution is -0.137. The van der Waals surface area contributed by atoms with E-state index in [9.17, 15) is 18.0 Å². The van der Waals surface area contributed by atoms with Gasteiger partial charge in [0, 0.05) is 22.7 Å². The van der Waals surface area contributed by atoms with Gasteiger partial charge in [-0.2, -0.15) is 18.3 Å². The van der Waals surface area contributed by atoms with E-state index in [2.05, 4.69) is 20.5 Å². The Hall–Kier alpha value is -2.68. The first-order chi connectivity index (χ1) is 12.7. The molecule has 27 heavy (non-hydrogen) atoms. The molecule has 0 atom stereocenters. The number of benzene rings is 1. The Morgan fingerprint density at radius 3 is 2.56 bits per heavy atom. The van der Waals surface area contributed by atoms with Gasteiger partial charge in [-0.15, -0.1) is 11.3 Å². The summed E-state index contributed by atoms with van der Waals surface area (Å²) < 4.78 is 37.9. The Bertz CT molecular complexity index is 929. The number of hydrogen-bond donors (Lipinski definition) is 2. The highest BCUT2D eigenvalue weighted by Crippen LogP contribution is 2.31. The predicted octanol–water partition coefficient (Wildman–Crippen LogP) is 4.86. The number of aromatic amines is 1. The third-order valence-corrected chi connectivity index (χ3v) is 4.78. The summed E-state index contributed by atoms with van der Waals surface area (Å²) in [6.07, 6.45) is -4.31. The number of anilines is 1. The molecule has 1 amide bonds. The van der Waals surface area contributed by atoms with Gasteiger partial charge < -0.3 is 5.32 Å². The highest BCUT2D eigenvalue weighted by Gasteiger charge is 2.30. The monoisotopic (exact) mass is 394 g/mol. The molecule has 1 aromatic carbocycles. The van der Waals surface area contributed by atoms with E-state index < -0.39 is 11.7 Å². The minimum atomic E-state index is -4.37. The maximum Gasteiger partial charge on any atom is 0.416 e. The van der Waals surface area contributed by atoms with Gasteiger partial charge in [-0.1, -0.05) is 26.0 Å². The average molecular weight is 394 g/mol. The van der Waals surface area contributed by atoms with E-state index in [1.54, 1.807) is 11.4 Å². The minimum absolute atomic E-state index is 0.0566. The largest absolute Gasteiger partial charge is 0.416 e. The van der Waals surface area contributed by atoms with E-state index in [1.807, 2.05) is 13.8 Å². The molecule has 0 fully saturated rings. The summed E-state index contributed by atoms with van der Waals surface area (Å²) in [5, 5.41) is 11.9. The smallest absolute Gasteiger partial charge is 0.309 e. The van der Waals surface area contributed by atoms with Crippen molar-refractivity contribution in [3.63, 3.8) is 0 Å². The van der Waals surface area contributed by atoms with E-state index in [0.717, 1.165) is 17.8 Å². The lowest BCUT2D eigenvalue weighted by Crippen LogP contribution is -2.14. The number of hydrogen-bond acceptors (Lipinski definition) is 4. The number of H-pyrrole nitrogens is 1. The average Bonchev–Trinajstić information content (AvgIpc) is 3.24. The maximum absolute atomic E-state index is 12.6. The highest BCUT2D eigenvalue weighted by molar-refractivity contribution is 7.13. The normalized spacial score (nSPS) is 11.8. The maximum atomic E-state index is 12.6. The number of alkyl halides is 3. The van der Waals surface area contributed by atoms with Gasteiger partial charge in [0.05, 0.1) is 17.7 Å². The summed E-state index contributed by atoms with van der Waals surface area (Å²) >= 11 is 1.28. The number of carbonyl (C=O) groups excluding carboxylic acids is 1.